The van der Waals surface area contributed by atoms with Crippen LogP contribution in [0.4, 0.5) is 11.4 Å². The van der Waals surface area contributed by atoms with Crippen molar-refractivity contribution in [2.45, 2.75) is 26.4 Å². The second-order valence-corrected chi connectivity index (χ2v) is 4.95. The van der Waals surface area contributed by atoms with E-state index in [1.807, 2.05) is 27.9 Å². The predicted octanol–water partition coefficient (Wildman–Crippen LogP) is 2.43. The second-order valence-electron chi connectivity index (χ2n) is 4.95. The van der Waals surface area contributed by atoms with Crippen LogP contribution in [0.2, 0.25) is 0 Å². The average molecular weight is 281 g/mol. The molecule has 0 fully saturated rings. The number of nitrogens with one attached hydrogen (secondary N) is 1. The van der Waals surface area contributed by atoms with Crippen LogP contribution in [0.15, 0.2) is 18.2 Å². The van der Waals surface area contributed by atoms with Gasteiger partial charge < -0.3 is 15.0 Å². The normalized spacial score (nSPS) is 10.7. The van der Waals surface area contributed by atoms with Crippen LogP contribution in [0.25, 0.3) is 0 Å². The molecule has 0 aliphatic heterocycles. The summed E-state index contributed by atoms with van der Waals surface area (Å²) in [6.07, 6.45) is 0.906. The molecular formula is C14H23N3O3. The van der Waals surface area contributed by atoms with Crippen molar-refractivity contribution in [1.29, 1.82) is 0 Å². The van der Waals surface area contributed by atoms with Crippen LogP contribution in [-0.2, 0) is 0 Å². The van der Waals surface area contributed by atoms with Crippen LogP contribution in [-0.4, -0.2) is 38.2 Å². The van der Waals surface area contributed by atoms with Gasteiger partial charge in [-0.2, -0.15) is 0 Å². The van der Waals surface area contributed by atoms with Crippen LogP contribution in [0.5, 0.6) is 5.75 Å². The van der Waals surface area contributed by atoms with Crippen molar-refractivity contribution in [2.75, 3.05) is 32.1 Å². The Morgan fingerprint density at radius 2 is 2.15 bits per heavy atom. The fraction of sp³-hybridized carbons (Fsp3) is 0.571. The van der Waals surface area contributed by atoms with Crippen molar-refractivity contribution in [2.24, 2.45) is 0 Å². The lowest BCUT2D eigenvalue weighted by molar-refractivity contribution is -0.386. The summed E-state index contributed by atoms with van der Waals surface area (Å²) < 4.78 is 5.54. The Kier molecular flexibility index (Phi) is 6.24. The molecule has 0 saturated heterocycles. The van der Waals surface area contributed by atoms with Gasteiger partial charge in [-0.05, 0) is 39.9 Å². The summed E-state index contributed by atoms with van der Waals surface area (Å²) in [5, 5.41) is 14.1. The summed E-state index contributed by atoms with van der Waals surface area (Å²) in [7, 11) is 3.89. The van der Waals surface area contributed by atoms with E-state index in [-0.39, 0.29) is 11.8 Å². The van der Waals surface area contributed by atoms with Gasteiger partial charge >= 0.3 is 5.69 Å². The number of ether oxygens (including phenoxy) is 1. The van der Waals surface area contributed by atoms with Gasteiger partial charge in [-0.1, -0.05) is 0 Å². The van der Waals surface area contributed by atoms with E-state index < -0.39 is 4.92 Å². The quantitative estimate of drug-likeness (QED) is 0.450. The molecule has 112 valence electrons. The number of rotatable bonds is 8. The third kappa shape index (κ3) is 4.70. The molecule has 0 spiro atoms. The lowest BCUT2D eigenvalue weighted by Crippen LogP contribution is -2.22. The maximum atomic E-state index is 11.0. The molecule has 20 heavy (non-hydrogen) atoms. The molecule has 1 aromatic rings. The largest absolute Gasteiger partial charge is 0.484 e. The van der Waals surface area contributed by atoms with Gasteiger partial charge in [-0.15, -0.1) is 0 Å². The second kappa shape index (κ2) is 7.69. The minimum Gasteiger partial charge on any atom is -0.484 e. The molecule has 0 aliphatic rings. The highest BCUT2D eigenvalue weighted by atomic mass is 16.6. The van der Waals surface area contributed by atoms with E-state index in [0.717, 1.165) is 25.2 Å². The van der Waals surface area contributed by atoms with E-state index in [4.69, 9.17) is 4.74 Å². The van der Waals surface area contributed by atoms with Crippen LogP contribution in [0.3, 0.4) is 0 Å². The van der Waals surface area contributed by atoms with Gasteiger partial charge in [0, 0.05) is 31.4 Å². The summed E-state index contributed by atoms with van der Waals surface area (Å²) in [4.78, 5) is 12.6. The van der Waals surface area contributed by atoms with Crippen molar-refractivity contribution in [1.82, 2.24) is 5.32 Å². The first-order valence-corrected chi connectivity index (χ1v) is 6.76. The monoisotopic (exact) mass is 281 g/mol. The topological polar surface area (TPSA) is 67.6 Å². The molecule has 0 aromatic heterocycles. The number of benzene rings is 1. The van der Waals surface area contributed by atoms with Crippen molar-refractivity contribution >= 4 is 11.4 Å². The Bertz CT molecular complexity index is 449. The van der Waals surface area contributed by atoms with Crippen LogP contribution in [0, 0.1) is 10.1 Å². The third-order valence-corrected chi connectivity index (χ3v) is 2.86. The van der Waals surface area contributed by atoms with Crippen molar-refractivity contribution in [3.05, 3.63) is 28.3 Å². The molecule has 0 bridgehead atoms. The molecule has 0 radical (unpaired) electrons. The first-order chi connectivity index (χ1) is 9.45. The molecule has 0 heterocycles. The predicted molar refractivity (Wildman–Crippen MR) is 80.7 cm³/mol. The van der Waals surface area contributed by atoms with E-state index in [1.54, 1.807) is 12.1 Å². The number of nitro benzene ring substituents is 1. The highest BCUT2D eigenvalue weighted by Crippen LogP contribution is 2.32. The van der Waals surface area contributed by atoms with Crippen LogP contribution in [0.1, 0.15) is 20.3 Å². The van der Waals surface area contributed by atoms with Gasteiger partial charge in [0.15, 0.2) is 5.75 Å². The summed E-state index contributed by atoms with van der Waals surface area (Å²) in [6, 6.07) is 4.99. The van der Waals surface area contributed by atoms with Gasteiger partial charge in [0.1, 0.15) is 0 Å². The highest BCUT2D eigenvalue weighted by Gasteiger charge is 2.17. The molecule has 0 unspecified atom stereocenters. The molecule has 0 aliphatic carbocycles. The van der Waals surface area contributed by atoms with Crippen LogP contribution < -0.4 is 15.0 Å². The summed E-state index contributed by atoms with van der Waals surface area (Å²) in [6.45, 7) is 5.52. The smallest absolute Gasteiger partial charge is 0.311 e. The van der Waals surface area contributed by atoms with Gasteiger partial charge in [0.2, 0.25) is 0 Å². The zero-order valence-corrected chi connectivity index (χ0v) is 12.5. The number of nitro groups is 1. The number of nitrogens with zero attached hydrogens (tertiary/aromatic N) is 2. The maximum absolute atomic E-state index is 11.0. The van der Waals surface area contributed by atoms with Crippen LogP contribution >= 0.6 is 0 Å². The minimum atomic E-state index is -0.414. The van der Waals surface area contributed by atoms with E-state index >= 15 is 0 Å². The zero-order chi connectivity index (χ0) is 15.1. The minimum absolute atomic E-state index is 0.00562. The van der Waals surface area contributed by atoms with E-state index in [1.165, 1.54) is 6.07 Å². The first kappa shape index (κ1) is 16.2. The Balaban J connectivity index is 2.90. The Morgan fingerprint density at radius 1 is 1.45 bits per heavy atom. The number of hydrogen-bond acceptors (Lipinski definition) is 5. The molecule has 0 saturated carbocycles. The first-order valence-electron chi connectivity index (χ1n) is 6.76. The molecule has 0 amide bonds. The average Bonchev–Trinajstić information content (AvgIpc) is 2.37. The zero-order valence-electron chi connectivity index (χ0n) is 12.5. The maximum Gasteiger partial charge on any atom is 0.311 e. The van der Waals surface area contributed by atoms with Gasteiger partial charge in [-0.3, -0.25) is 10.1 Å². The standard InChI is InChI=1S/C14H23N3O3/c1-11(2)20-14-10-12(6-7-13(14)17(18)19)16(4)9-5-8-15-3/h6-7,10-11,15H,5,8-9H2,1-4H3. The molecular weight excluding hydrogens is 258 g/mol. The van der Waals surface area contributed by atoms with Crippen molar-refractivity contribution < 1.29 is 9.66 Å². The summed E-state index contributed by atoms with van der Waals surface area (Å²) >= 11 is 0. The molecule has 0 atom stereocenters. The van der Waals surface area contributed by atoms with Gasteiger partial charge in [0.25, 0.3) is 0 Å². The highest BCUT2D eigenvalue weighted by molar-refractivity contribution is 5.59. The summed E-state index contributed by atoms with van der Waals surface area (Å²) in [5.74, 6) is 0.322. The lowest BCUT2D eigenvalue weighted by atomic mass is 10.2. The number of hydrogen-bond donors (Lipinski definition) is 1. The molecule has 1 aromatic carbocycles. The molecule has 6 heteroatoms. The van der Waals surface area contributed by atoms with E-state index in [0.29, 0.717) is 5.75 Å². The molecule has 1 N–H and O–H groups in total. The Labute approximate surface area is 119 Å². The third-order valence-electron chi connectivity index (χ3n) is 2.86. The molecule has 6 nitrogen and oxygen atoms in total. The summed E-state index contributed by atoms with van der Waals surface area (Å²) in [5.41, 5.74) is 0.924. The van der Waals surface area contributed by atoms with Gasteiger partial charge in [-0.25, -0.2) is 0 Å². The number of anilines is 1. The SMILES string of the molecule is CNCCCN(C)c1ccc([N+](=O)[O-])c(OC(C)C)c1. The van der Waals surface area contributed by atoms with E-state index in [2.05, 4.69) is 10.2 Å². The van der Waals surface area contributed by atoms with Crippen molar-refractivity contribution in [3.8, 4) is 5.75 Å². The van der Waals surface area contributed by atoms with Crippen molar-refractivity contribution in [3.63, 3.8) is 0 Å². The van der Waals surface area contributed by atoms with E-state index in [9.17, 15) is 10.1 Å². The fourth-order valence-corrected chi connectivity index (χ4v) is 1.86. The lowest BCUT2D eigenvalue weighted by Gasteiger charge is -2.20. The fourth-order valence-electron chi connectivity index (χ4n) is 1.86. The Hall–Kier alpha value is -1.82. The van der Waals surface area contributed by atoms with Gasteiger partial charge in [0.05, 0.1) is 11.0 Å². The molecule has 1 rings (SSSR count). The Morgan fingerprint density at radius 3 is 2.70 bits per heavy atom.